The Morgan fingerprint density at radius 3 is 2.56 bits per heavy atom. The van der Waals surface area contributed by atoms with E-state index < -0.39 is 0 Å². The van der Waals surface area contributed by atoms with Crippen molar-refractivity contribution in [3.8, 4) is 5.75 Å². The Morgan fingerprint density at radius 1 is 1.08 bits per heavy atom. The summed E-state index contributed by atoms with van der Waals surface area (Å²) in [6.07, 6.45) is 2.65. The molecule has 0 aliphatic rings. The normalized spacial score (nSPS) is 11.0. The lowest BCUT2D eigenvalue weighted by molar-refractivity contribution is 0.312. The molecule has 0 unspecified atom stereocenters. The Labute approximate surface area is 148 Å². The van der Waals surface area contributed by atoms with Gasteiger partial charge in [0.25, 0.3) is 0 Å². The number of hydrogen-bond donors (Lipinski definition) is 0. The third-order valence-electron chi connectivity index (χ3n) is 4.47. The molecule has 130 valence electrons. The summed E-state index contributed by atoms with van der Waals surface area (Å²) in [5.41, 5.74) is 4.10. The molecule has 1 aromatic heterocycles. The largest absolute Gasteiger partial charge is 0.493 e. The quantitative estimate of drug-likeness (QED) is 0.460. The maximum atomic E-state index is 12.5. The van der Waals surface area contributed by atoms with E-state index in [1.54, 1.807) is 0 Å². The smallest absolute Gasteiger partial charge is 0.340 e. The third kappa shape index (κ3) is 3.76. The molecule has 0 bridgehead atoms. The van der Waals surface area contributed by atoms with Gasteiger partial charge >= 0.3 is 5.63 Å². The first-order valence-corrected chi connectivity index (χ1v) is 8.83. The van der Waals surface area contributed by atoms with Crippen LogP contribution in [-0.4, -0.2) is 6.61 Å². The van der Waals surface area contributed by atoms with Crippen LogP contribution < -0.4 is 10.4 Å². The molecule has 0 saturated heterocycles. The van der Waals surface area contributed by atoms with Gasteiger partial charge < -0.3 is 9.15 Å². The third-order valence-corrected chi connectivity index (χ3v) is 4.47. The van der Waals surface area contributed by atoms with Crippen molar-refractivity contribution in [3.63, 3.8) is 0 Å². The number of fused-ring (bicyclic) bond motifs is 1. The number of benzene rings is 2. The van der Waals surface area contributed by atoms with Gasteiger partial charge in [-0.05, 0) is 49.1 Å². The van der Waals surface area contributed by atoms with E-state index in [9.17, 15) is 4.79 Å². The number of unbranched alkanes of at least 4 members (excludes halogenated alkanes) is 1. The molecule has 0 spiro atoms. The second-order valence-corrected chi connectivity index (χ2v) is 6.49. The highest BCUT2D eigenvalue weighted by molar-refractivity contribution is 5.88. The highest BCUT2D eigenvalue weighted by Gasteiger charge is 2.16. The zero-order chi connectivity index (χ0) is 17.8. The Balaban J connectivity index is 2.11. The number of ether oxygens (including phenoxy) is 1. The van der Waals surface area contributed by atoms with Crippen molar-refractivity contribution < 1.29 is 9.15 Å². The van der Waals surface area contributed by atoms with E-state index in [1.165, 1.54) is 0 Å². The highest BCUT2D eigenvalue weighted by atomic mass is 16.5. The molecule has 3 nitrogen and oxygen atoms in total. The first kappa shape index (κ1) is 17.3. The zero-order valence-corrected chi connectivity index (χ0v) is 15.1. The van der Waals surface area contributed by atoms with Gasteiger partial charge in [0.05, 0.1) is 12.0 Å². The number of hydrogen-bond acceptors (Lipinski definition) is 3. The van der Waals surface area contributed by atoms with Crippen LogP contribution in [0.2, 0.25) is 0 Å². The molecule has 0 aliphatic carbocycles. The van der Waals surface area contributed by atoms with Crippen molar-refractivity contribution in [2.75, 3.05) is 6.61 Å². The summed E-state index contributed by atoms with van der Waals surface area (Å²) in [6, 6.07) is 13.9. The molecule has 0 amide bonds. The van der Waals surface area contributed by atoms with Crippen LogP contribution in [0.25, 0.3) is 11.0 Å². The van der Waals surface area contributed by atoms with E-state index in [2.05, 4.69) is 6.92 Å². The van der Waals surface area contributed by atoms with E-state index in [4.69, 9.17) is 9.15 Å². The molecule has 0 aliphatic heterocycles. The molecule has 3 heteroatoms. The SMILES string of the molecule is CCCCOc1cc(C)cc2oc(=O)c(Cc3ccccc3)c(C)c12. The van der Waals surface area contributed by atoms with Crippen molar-refractivity contribution in [2.24, 2.45) is 0 Å². The van der Waals surface area contributed by atoms with Crippen LogP contribution in [0.3, 0.4) is 0 Å². The van der Waals surface area contributed by atoms with Gasteiger partial charge in [-0.25, -0.2) is 4.79 Å². The minimum absolute atomic E-state index is 0.265. The summed E-state index contributed by atoms with van der Waals surface area (Å²) in [5, 5.41) is 0.909. The van der Waals surface area contributed by atoms with Gasteiger partial charge in [0.2, 0.25) is 0 Å². The highest BCUT2D eigenvalue weighted by Crippen LogP contribution is 2.31. The summed E-state index contributed by atoms with van der Waals surface area (Å²) in [4.78, 5) is 12.5. The molecular weight excluding hydrogens is 312 g/mol. The molecule has 2 aromatic carbocycles. The molecule has 0 radical (unpaired) electrons. The minimum Gasteiger partial charge on any atom is -0.493 e. The average Bonchev–Trinajstić information content (AvgIpc) is 2.59. The molecule has 0 fully saturated rings. The first-order valence-electron chi connectivity index (χ1n) is 8.83. The fourth-order valence-electron chi connectivity index (χ4n) is 3.08. The molecule has 0 N–H and O–H groups in total. The topological polar surface area (TPSA) is 39.4 Å². The Hall–Kier alpha value is -2.55. The van der Waals surface area contributed by atoms with E-state index in [0.717, 1.165) is 40.7 Å². The van der Waals surface area contributed by atoms with Gasteiger partial charge in [-0.15, -0.1) is 0 Å². The van der Waals surface area contributed by atoms with Crippen molar-refractivity contribution in [2.45, 2.75) is 40.0 Å². The van der Waals surface area contributed by atoms with E-state index in [1.807, 2.05) is 56.3 Å². The summed E-state index contributed by atoms with van der Waals surface area (Å²) in [6.45, 7) is 6.78. The van der Waals surface area contributed by atoms with Gasteiger partial charge in [-0.1, -0.05) is 43.7 Å². The Kier molecular flexibility index (Phi) is 5.22. The van der Waals surface area contributed by atoms with Crippen LogP contribution in [0.1, 0.15) is 42.0 Å². The number of aryl methyl sites for hydroxylation is 2. The van der Waals surface area contributed by atoms with Crippen LogP contribution in [0.5, 0.6) is 5.75 Å². The molecule has 25 heavy (non-hydrogen) atoms. The molecular formula is C22H24O3. The fraction of sp³-hybridized carbons (Fsp3) is 0.318. The van der Waals surface area contributed by atoms with Gasteiger partial charge in [0, 0.05) is 12.0 Å². The van der Waals surface area contributed by atoms with E-state index >= 15 is 0 Å². The molecule has 0 saturated carbocycles. The van der Waals surface area contributed by atoms with Crippen molar-refractivity contribution in [3.05, 3.63) is 75.1 Å². The van der Waals surface area contributed by atoms with Gasteiger partial charge in [-0.3, -0.25) is 0 Å². The summed E-state index contributed by atoms with van der Waals surface area (Å²) < 4.78 is 11.6. The van der Waals surface area contributed by atoms with Crippen LogP contribution >= 0.6 is 0 Å². The van der Waals surface area contributed by atoms with Gasteiger partial charge in [-0.2, -0.15) is 0 Å². The Morgan fingerprint density at radius 2 is 1.84 bits per heavy atom. The zero-order valence-electron chi connectivity index (χ0n) is 15.1. The predicted molar refractivity (Wildman–Crippen MR) is 102 cm³/mol. The lowest BCUT2D eigenvalue weighted by atomic mass is 9.98. The summed E-state index contributed by atoms with van der Waals surface area (Å²) >= 11 is 0. The summed E-state index contributed by atoms with van der Waals surface area (Å²) in [7, 11) is 0. The molecule has 1 heterocycles. The maximum absolute atomic E-state index is 12.5. The van der Waals surface area contributed by atoms with Crippen LogP contribution in [0.15, 0.2) is 51.7 Å². The van der Waals surface area contributed by atoms with Gasteiger partial charge in [0.15, 0.2) is 0 Å². The molecule has 3 rings (SSSR count). The second kappa shape index (κ2) is 7.56. The van der Waals surface area contributed by atoms with Crippen molar-refractivity contribution in [1.29, 1.82) is 0 Å². The Bertz CT molecular complexity index is 923. The van der Waals surface area contributed by atoms with E-state index in [0.29, 0.717) is 24.2 Å². The van der Waals surface area contributed by atoms with Crippen LogP contribution in [-0.2, 0) is 6.42 Å². The number of rotatable bonds is 6. The minimum atomic E-state index is -0.265. The van der Waals surface area contributed by atoms with Crippen LogP contribution in [0.4, 0.5) is 0 Å². The fourth-order valence-corrected chi connectivity index (χ4v) is 3.08. The summed E-state index contributed by atoms with van der Waals surface area (Å²) in [5.74, 6) is 0.805. The monoisotopic (exact) mass is 336 g/mol. The standard InChI is InChI=1S/C22H24O3/c1-4-5-11-24-19-12-15(2)13-20-21(19)16(3)18(22(23)25-20)14-17-9-7-6-8-10-17/h6-10,12-13H,4-5,11,14H2,1-3H3. The van der Waals surface area contributed by atoms with Crippen LogP contribution in [0, 0.1) is 13.8 Å². The predicted octanol–water partition coefficient (Wildman–Crippen LogP) is 5.18. The lowest BCUT2D eigenvalue weighted by Gasteiger charge is -2.14. The van der Waals surface area contributed by atoms with Crippen molar-refractivity contribution >= 4 is 11.0 Å². The first-order chi connectivity index (χ1) is 12.1. The van der Waals surface area contributed by atoms with E-state index in [-0.39, 0.29) is 5.63 Å². The lowest BCUT2D eigenvalue weighted by Crippen LogP contribution is -2.11. The molecule has 0 atom stereocenters. The van der Waals surface area contributed by atoms with Gasteiger partial charge in [0.1, 0.15) is 11.3 Å². The second-order valence-electron chi connectivity index (χ2n) is 6.49. The van der Waals surface area contributed by atoms with Crippen molar-refractivity contribution in [1.82, 2.24) is 0 Å². The maximum Gasteiger partial charge on any atom is 0.340 e. The average molecular weight is 336 g/mol. The molecule has 3 aromatic rings.